The van der Waals surface area contributed by atoms with Crippen molar-refractivity contribution in [1.82, 2.24) is 0 Å². The molecule has 13 heteroatoms. The normalized spacial score (nSPS) is 44.1. The number of nitrogens with two attached hydrogens (primary N) is 5. The molecule has 1 saturated carbocycles. The summed E-state index contributed by atoms with van der Waals surface area (Å²) in [4.78, 5) is 0. The van der Waals surface area contributed by atoms with Crippen LogP contribution in [0, 0.1) is 0 Å². The van der Waals surface area contributed by atoms with Gasteiger partial charge in [0, 0.05) is 12.1 Å². The van der Waals surface area contributed by atoms with E-state index in [2.05, 4.69) is 0 Å². The molecule has 6 unspecified atom stereocenters. The van der Waals surface area contributed by atoms with Crippen molar-refractivity contribution in [2.75, 3.05) is 6.54 Å². The van der Waals surface area contributed by atoms with Gasteiger partial charge in [0.25, 0.3) is 0 Å². The largest absolute Gasteiger partial charge is 0.398 e. The molecule has 182 valence electrons. The van der Waals surface area contributed by atoms with Crippen LogP contribution in [0.4, 0.5) is 0 Å². The molecule has 0 aromatic heterocycles. The summed E-state index contributed by atoms with van der Waals surface area (Å²) in [6, 6.07) is -2.52. The molecule has 12 atom stereocenters. The van der Waals surface area contributed by atoms with E-state index in [1.807, 2.05) is 0 Å². The molecule has 2 aliphatic rings. The molecule has 15 N–H and O–H groups in total. The quantitative estimate of drug-likeness (QED) is 0.155. The van der Waals surface area contributed by atoms with Gasteiger partial charge in [-0.3, -0.25) is 0 Å². The minimum absolute atomic E-state index is 0.158. The monoisotopic (exact) mass is 451 g/mol. The van der Waals surface area contributed by atoms with Crippen LogP contribution in [0.5, 0.6) is 0 Å². The average Bonchev–Trinajstić information content (AvgIpc) is 2.70. The Morgan fingerprint density at radius 1 is 1.06 bits per heavy atom. The maximum absolute atomic E-state index is 10.8. The second-order valence-corrected chi connectivity index (χ2v) is 8.19. The van der Waals surface area contributed by atoms with E-state index in [1.165, 1.54) is 6.08 Å². The first-order chi connectivity index (χ1) is 14.5. The molecule has 1 saturated heterocycles. The lowest BCUT2D eigenvalue weighted by molar-refractivity contribution is -0.302. The summed E-state index contributed by atoms with van der Waals surface area (Å²) in [6.45, 7) is 1.79. The molecular formula is C18H37N5O8. The van der Waals surface area contributed by atoms with E-state index in [4.69, 9.17) is 42.9 Å². The predicted octanol–water partition coefficient (Wildman–Crippen LogP) is -5.16. The molecule has 2 rings (SSSR count). The lowest BCUT2D eigenvalue weighted by Gasteiger charge is -2.46. The van der Waals surface area contributed by atoms with E-state index >= 15 is 0 Å². The first-order valence-corrected chi connectivity index (χ1v) is 10.3. The van der Waals surface area contributed by atoms with Gasteiger partial charge in [0.2, 0.25) is 0 Å². The molecule has 1 heterocycles. The molecule has 0 aromatic rings. The summed E-state index contributed by atoms with van der Waals surface area (Å²) in [5.74, 6) is 0. The van der Waals surface area contributed by atoms with Gasteiger partial charge in [0.05, 0.1) is 30.1 Å². The van der Waals surface area contributed by atoms with Gasteiger partial charge >= 0.3 is 0 Å². The van der Waals surface area contributed by atoms with E-state index in [-0.39, 0.29) is 25.1 Å². The number of ether oxygens (including phenoxy) is 3. The zero-order valence-corrected chi connectivity index (χ0v) is 17.5. The van der Waals surface area contributed by atoms with Crippen LogP contribution >= 0.6 is 0 Å². The molecule has 0 radical (unpaired) electrons. The summed E-state index contributed by atoms with van der Waals surface area (Å²) in [5, 5.41) is 51.0. The molecule has 0 amide bonds. The van der Waals surface area contributed by atoms with Gasteiger partial charge in [-0.05, 0) is 32.4 Å². The number of rotatable bonds is 8. The Hall–Kier alpha value is -0.940. The molecule has 0 bridgehead atoms. The van der Waals surface area contributed by atoms with Crippen LogP contribution in [0.25, 0.3) is 0 Å². The molecule has 31 heavy (non-hydrogen) atoms. The van der Waals surface area contributed by atoms with Crippen LogP contribution in [-0.4, -0.2) is 106 Å². The van der Waals surface area contributed by atoms with Crippen molar-refractivity contribution in [2.24, 2.45) is 28.7 Å². The van der Waals surface area contributed by atoms with Crippen LogP contribution in [0.2, 0.25) is 0 Å². The van der Waals surface area contributed by atoms with E-state index in [0.29, 0.717) is 0 Å². The highest BCUT2D eigenvalue weighted by molar-refractivity contribution is 5.05. The Kier molecular flexibility index (Phi) is 9.57. The number of aliphatic hydroxyl groups is 5. The molecular weight excluding hydrogens is 414 g/mol. The molecule has 2 fully saturated rings. The van der Waals surface area contributed by atoms with Crippen molar-refractivity contribution < 1.29 is 39.7 Å². The van der Waals surface area contributed by atoms with Gasteiger partial charge in [-0.2, -0.15) is 0 Å². The minimum Gasteiger partial charge on any atom is -0.398 e. The summed E-state index contributed by atoms with van der Waals surface area (Å²) >= 11 is 0. The highest BCUT2D eigenvalue weighted by Gasteiger charge is 2.48. The van der Waals surface area contributed by atoms with Crippen molar-refractivity contribution in [3.05, 3.63) is 11.8 Å². The molecule has 13 nitrogen and oxygen atoms in total. The van der Waals surface area contributed by atoms with E-state index < -0.39 is 73.4 Å². The van der Waals surface area contributed by atoms with Crippen LogP contribution in [0.1, 0.15) is 19.8 Å². The van der Waals surface area contributed by atoms with Gasteiger partial charge < -0.3 is 68.4 Å². The van der Waals surface area contributed by atoms with Crippen molar-refractivity contribution in [1.29, 1.82) is 0 Å². The third-order valence-electron chi connectivity index (χ3n) is 5.67. The highest BCUT2D eigenvalue weighted by Crippen LogP contribution is 2.29. The number of aliphatic hydroxyl groups excluding tert-OH is 5. The summed E-state index contributed by atoms with van der Waals surface area (Å²) in [5.41, 5.74) is 28.9. The fourth-order valence-corrected chi connectivity index (χ4v) is 3.76. The van der Waals surface area contributed by atoms with Gasteiger partial charge in [-0.1, -0.05) is 0 Å². The Morgan fingerprint density at radius 2 is 1.68 bits per heavy atom. The minimum atomic E-state index is -1.66. The molecule has 1 aliphatic heterocycles. The molecule has 1 aliphatic carbocycles. The maximum atomic E-state index is 10.8. The van der Waals surface area contributed by atoms with E-state index in [0.717, 1.165) is 0 Å². The standard InChI is InChI=1S/C18H37N5O8/c1-6-12(25)11(23)13(26)18(29-6)31-16-9(21)5-8(20)15(14(16)27)30-17(28)10(22)4-7(24)2-3-19/h4,6-9,11-18,24-28H,2-3,5,19-23H2,1H3/b10-4-/t6-,7-,8?,9-,11?,12?,13-,14?,15-,16?,17-,18?/m1/s1. The maximum Gasteiger partial charge on any atom is 0.196 e. The molecule has 0 spiro atoms. The van der Waals surface area contributed by atoms with E-state index in [9.17, 15) is 25.5 Å². The van der Waals surface area contributed by atoms with Crippen molar-refractivity contribution in [3.63, 3.8) is 0 Å². The first-order valence-electron chi connectivity index (χ1n) is 10.3. The third-order valence-corrected chi connectivity index (χ3v) is 5.67. The fraction of sp³-hybridized carbons (Fsp3) is 0.889. The van der Waals surface area contributed by atoms with Crippen LogP contribution in [-0.2, 0) is 14.2 Å². The SMILES string of the molecule is C[C@H]1OC(OC2C(O)[C@H](O[C@@H](O)/C(N)=C/[C@H](O)CCN)C(N)C[C@H]2N)[C@H](O)C(N)C1O. The van der Waals surface area contributed by atoms with Crippen molar-refractivity contribution in [3.8, 4) is 0 Å². The van der Waals surface area contributed by atoms with Gasteiger partial charge in [-0.15, -0.1) is 0 Å². The second kappa shape index (κ2) is 11.3. The Bertz CT molecular complexity index is 601. The van der Waals surface area contributed by atoms with Gasteiger partial charge in [0.1, 0.15) is 24.4 Å². The first kappa shape index (κ1) is 26.3. The zero-order chi connectivity index (χ0) is 23.5. The second-order valence-electron chi connectivity index (χ2n) is 8.19. The summed E-state index contributed by atoms with van der Waals surface area (Å²) in [7, 11) is 0. The molecule has 0 aromatic carbocycles. The fourth-order valence-electron chi connectivity index (χ4n) is 3.76. The van der Waals surface area contributed by atoms with Crippen LogP contribution in [0.15, 0.2) is 11.8 Å². The predicted molar refractivity (Wildman–Crippen MR) is 109 cm³/mol. The Morgan fingerprint density at radius 3 is 2.29 bits per heavy atom. The van der Waals surface area contributed by atoms with Crippen molar-refractivity contribution >= 4 is 0 Å². The third kappa shape index (κ3) is 6.31. The number of hydrogen-bond acceptors (Lipinski definition) is 13. The Labute approximate surface area is 180 Å². The smallest absolute Gasteiger partial charge is 0.196 e. The summed E-state index contributed by atoms with van der Waals surface area (Å²) in [6.07, 6.45) is -9.10. The lowest BCUT2D eigenvalue weighted by atomic mass is 9.84. The number of hydrogen-bond donors (Lipinski definition) is 10. The highest BCUT2D eigenvalue weighted by atomic mass is 16.7. The lowest BCUT2D eigenvalue weighted by Crippen LogP contribution is -2.67. The van der Waals surface area contributed by atoms with Gasteiger partial charge in [-0.25, -0.2) is 0 Å². The zero-order valence-electron chi connectivity index (χ0n) is 17.5. The average molecular weight is 452 g/mol. The van der Waals surface area contributed by atoms with Gasteiger partial charge in [0.15, 0.2) is 12.6 Å². The van der Waals surface area contributed by atoms with Crippen molar-refractivity contribution in [2.45, 2.75) is 93.2 Å². The summed E-state index contributed by atoms with van der Waals surface area (Å²) < 4.78 is 16.6. The van der Waals surface area contributed by atoms with E-state index in [1.54, 1.807) is 6.92 Å². The Balaban J connectivity index is 2.08. The topological polar surface area (TPSA) is 259 Å². The van der Waals surface area contributed by atoms with Crippen LogP contribution < -0.4 is 28.7 Å². The van der Waals surface area contributed by atoms with Crippen LogP contribution in [0.3, 0.4) is 0 Å².